The molecule has 0 saturated carbocycles. The van der Waals surface area contributed by atoms with E-state index in [1.807, 2.05) is 4.57 Å². The minimum atomic E-state index is -0.312. The van der Waals surface area contributed by atoms with Gasteiger partial charge in [-0.15, -0.1) is 10.2 Å². The molecule has 3 rings (SSSR count). The van der Waals surface area contributed by atoms with Crippen LogP contribution in [0.1, 0.15) is 40.2 Å². The summed E-state index contributed by atoms with van der Waals surface area (Å²) >= 11 is 1.40. The SMILES string of the molecule is CCOC(=O)N1CCN(C(=O)CSc2nnc(-c3ccc(C(C)(C)C)cc3)n2CC)CC1. The number of carbonyl (C=O) groups is 2. The number of carbonyl (C=O) groups excluding carboxylic acids is 2. The average molecular weight is 460 g/mol. The number of aromatic nitrogens is 3. The molecule has 0 N–H and O–H groups in total. The van der Waals surface area contributed by atoms with E-state index in [1.54, 1.807) is 16.7 Å². The molecule has 0 aliphatic carbocycles. The van der Waals surface area contributed by atoms with Crippen LogP contribution in [0.4, 0.5) is 4.79 Å². The standard InChI is InChI=1S/C23H33N5O3S/c1-6-28-20(17-8-10-18(11-9-17)23(3,4)5)24-25-21(28)32-16-19(29)26-12-14-27(15-13-26)22(30)31-7-2/h8-11H,6-7,12-16H2,1-5H3. The van der Waals surface area contributed by atoms with Gasteiger partial charge in [-0.2, -0.15) is 0 Å². The number of ether oxygens (including phenoxy) is 1. The molecule has 174 valence electrons. The quantitative estimate of drug-likeness (QED) is 0.614. The fraction of sp³-hybridized carbons (Fsp3) is 0.565. The molecule has 1 saturated heterocycles. The number of benzene rings is 1. The Morgan fingerprint density at radius 1 is 1.00 bits per heavy atom. The molecule has 0 atom stereocenters. The Kier molecular flexibility index (Phi) is 7.82. The van der Waals surface area contributed by atoms with E-state index in [0.717, 1.165) is 23.1 Å². The van der Waals surface area contributed by atoms with Crippen LogP contribution in [-0.2, 0) is 21.5 Å². The molecular formula is C23H33N5O3S. The first-order chi connectivity index (χ1) is 15.2. The highest BCUT2D eigenvalue weighted by atomic mass is 32.2. The minimum Gasteiger partial charge on any atom is -0.450 e. The lowest BCUT2D eigenvalue weighted by Gasteiger charge is -2.34. The van der Waals surface area contributed by atoms with E-state index in [2.05, 4.69) is 62.2 Å². The zero-order valence-electron chi connectivity index (χ0n) is 19.6. The van der Waals surface area contributed by atoms with Crippen LogP contribution in [0.15, 0.2) is 29.4 Å². The highest BCUT2D eigenvalue weighted by Crippen LogP contribution is 2.27. The van der Waals surface area contributed by atoms with Crippen molar-refractivity contribution < 1.29 is 14.3 Å². The Morgan fingerprint density at radius 2 is 1.62 bits per heavy atom. The van der Waals surface area contributed by atoms with Gasteiger partial charge in [0, 0.05) is 38.3 Å². The fourth-order valence-electron chi connectivity index (χ4n) is 3.58. The molecule has 2 amide bonds. The van der Waals surface area contributed by atoms with Gasteiger partial charge in [0.15, 0.2) is 11.0 Å². The van der Waals surface area contributed by atoms with E-state index in [1.165, 1.54) is 17.3 Å². The third kappa shape index (κ3) is 5.62. The molecular weight excluding hydrogens is 426 g/mol. The molecule has 0 bridgehead atoms. The van der Waals surface area contributed by atoms with Crippen LogP contribution in [0.25, 0.3) is 11.4 Å². The van der Waals surface area contributed by atoms with Crippen molar-refractivity contribution in [1.29, 1.82) is 0 Å². The summed E-state index contributed by atoms with van der Waals surface area (Å²) in [5.41, 5.74) is 2.38. The molecule has 2 heterocycles. The summed E-state index contributed by atoms with van der Waals surface area (Å²) < 4.78 is 7.08. The van der Waals surface area contributed by atoms with Crippen molar-refractivity contribution in [1.82, 2.24) is 24.6 Å². The summed E-state index contributed by atoms with van der Waals surface area (Å²) in [7, 11) is 0. The maximum Gasteiger partial charge on any atom is 0.409 e. The molecule has 1 aliphatic heterocycles. The van der Waals surface area contributed by atoms with Crippen molar-refractivity contribution in [3.05, 3.63) is 29.8 Å². The fourth-order valence-corrected chi connectivity index (χ4v) is 4.49. The van der Waals surface area contributed by atoms with Gasteiger partial charge < -0.3 is 19.1 Å². The van der Waals surface area contributed by atoms with E-state index in [0.29, 0.717) is 38.5 Å². The Labute approximate surface area is 194 Å². The van der Waals surface area contributed by atoms with E-state index in [4.69, 9.17) is 4.74 Å². The zero-order chi connectivity index (χ0) is 23.3. The molecule has 32 heavy (non-hydrogen) atoms. The number of hydrogen-bond acceptors (Lipinski definition) is 6. The first-order valence-corrected chi connectivity index (χ1v) is 12.1. The number of nitrogens with zero attached hydrogens (tertiary/aromatic N) is 5. The van der Waals surface area contributed by atoms with Crippen LogP contribution in [-0.4, -0.2) is 75.1 Å². The molecule has 0 radical (unpaired) electrons. The molecule has 1 fully saturated rings. The third-order valence-electron chi connectivity index (χ3n) is 5.53. The monoisotopic (exact) mass is 459 g/mol. The lowest BCUT2D eigenvalue weighted by atomic mass is 9.87. The van der Waals surface area contributed by atoms with Crippen LogP contribution in [0.3, 0.4) is 0 Å². The summed E-state index contributed by atoms with van der Waals surface area (Å²) in [5, 5.41) is 9.48. The smallest absolute Gasteiger partial charge is 0.409 e. The van der Waals surface area contributed by atoms with Crippen molar-refractivity contribution in [2.45, 2.75) is 51.7 Å². The largest absolute Gasteiger partial charge is 0.450 e. The second-order valence-corrected chi connectivity index (χ2v) is 9.68. The Hall–Kier alpha value is -2.55. The molecule has 2 aromatic rings. The highest BCUT2D eigenvalue weighted by molar-refractivity contribution is 7.99. The Morgan fingerprint density at radius 3 is 2.19 bits per heavy atom. The number of amides is 2. The number of thioether (sulfide) groups is 1. The summed E-state index contributed by atoms with van der Waals surface area (Å²) in [5.74, 6) is 1.15. The van der Waals surface area contributed by atoms with Crippen molar-refractivity contribution in [3.8, 4) is 11.4 Å². The van der Waals surface area contributed by atoms with Gasteiger partial charge in [-0.3, -0.25) is 4.79 Å². The Balaban J connectivity index is 1.60. The number of piperazine rings is 1. The molecule has 0 spiro atoms. The molecule has 1 aromatic heterocycles. The van der Waals surface area contributed by atoms with Gasteiger partial charge in [-0.25, -0.2) is 4.79 Å². The van der Waals surface area contributed by atoms with Gasteiger partial charge in [0.25, 0.3) is 0 Å². The van der Waals surface area contributed by atoms with Crippen LogP contribution >= 0.6 is 11.8 Å². The van der Waals surface area contributed by atoms with Gasteiger partial charge in [0.2, 0.25) is 5.91 Å². The molecule has 1 aliphatic rings. The average Bonchev–Trinajstić information content (AvgIpc) is 3.20. The number of rotatable bonds is 6. The zero-order valence-corrected chi connectivity index (χ0v) is 20.4. The highest BCUT2D eigenvalue weighted by Gasteiger charge is 2.25. The summed E-state index contributed by atoms with van der Waals surface area (Å²) in [6, 6.07) is 8.44. The predicted octanol–water partition coefficient (Wildman–Crippen LogP) is 3.66. The first kappa shape index (κ1) is 24.1. The summed E-state index contributed by atoms with van der Waals surface area (Å²) in [6.45, 7) is 13.5. The lowest BCUT2D eigenvalue weighted by Crippen LogP contribution is -2.51. The van der Waals surface area contributed by atoms with E-state index < -0.39 is 0 Å². The molecule has 9 heteroatoms. The lowest BCUT2D eigenvalue weighted by molar-refractivity contribution is -0.129. The topological polar surface area (TPSA) is 80.6 Å². The van der Waals surface area contributed by atoms with Crippen LogP contribution < -0.4 is 0 Å². The molecule has 8 nitrogen and oxygen atoms in total. The first-order valence-electron chi connectivity index (χ1n) is 11.1. The van der Waals surface area contributed by atoms with E-state index in [-0.39, 0.29) is 17.4 Å². The summed E-state index contributed by atoms with van der Waals surface area (Å²) in [6.07, 6.45) is -0.312. The molecule has 1 aromatic carbocycles. The van der Waals surface area contributed by atoms with Gasteiger partial charge >= 0.3 is 6.09 Å². The van der Waals surface area contributed by atoms with E-state index >= 15 is 0 Å². The minimum absolute atomic E-state index is 0.0419. The number of hydrogen-bond donors (Lipinski definition) is 0. The van der Waals surface area contributed by atoms with Crippen molar-refractivity contribution in [2.75, 3.05) is 38.5 Å². The summed E-state index contributed by atoms with van der Waals surface area (Å²) in [4.78, 5) is 28.0. The van der Waals surface area contributed by atoms with Crippen LogP contribution in [0.5, 0.6) is 0 Å². The van der Waals surface area contributed by atoms with Gasteiger partial charge in [-0.1, -0.05) is 56.8 Å². The second-order valence-electron chi connectivity index (χ2n) is 8.73. The van der Waals surface area contributed by atoms with Crippen molar-refractivity contribution in [3.63, 3.8) is 0 Å². The normalized spacial score (nSPS) is 14.5. The van der Waals surface area contributed by atoms with Crippen molar-refractivity contribution >= 4 is 23.8 Å². The third-order valence-corrected chi connectivity index (χ3v) is 6.48. The van der Waals surface area contributed by atoms with Gasteiger partial charge in [0.1, 0.15) is 0 Å². The maximum atomic E-state index is 12.7. The second kappa shape index (κ2) is 10.4. The van der Waals surface area contributed by atoms with Crippen LogP contribution in [0, 0.1) is 0 Å². The van der Waals surface area contributed by atoms with Gasteiger partial charge in [-0.05, 0) is 24.8 Å². The van der Waals surface area contributed by atoms with Crippen LogP contribution in [0.2, 0.25) is 0 Å². The van der Waals surface area contributed by atoms with Gasteiger partial charge in [0.05, 0.1) is 12.4 Å². The maximum absolute atomic E-state index is 12.7. The molecule has 0 unspecified atom stereocenters. The Bertz CT molecular complexity index is 928. The van der Waals surface area contributed by atoms with E-state index in [9.17, 15) is 9.59 Å². The van der Waals surface area contributed by atoms with Crippen molar-refractivity contribution in [2.24, 2.45) is 0 Å². The predicted molar refractivity (Wildman–Crippen MR) is 126 cm³/mol.